The van der Waals surface area contributed by atoms with Crippen LogP contribution >= 0.6 is 0 Å². The Labute approximate surface area is 122 Å². The maximum Gasteiger partial charge on any atom is 0.268 e. The molecule has 0 N–H and O–H groups in total. The van der Waals surface area contributed by atoms with Crippen molar-refractivity contribution in [3.8, 4) is 22.8 Å². The molecule has 1 aromatic carbocycles. The molecule has 1 aliphatic rings. The topological polar surface area (TPSA) is 64.7 Å². The van der Waals surface area contributed by atoms with Gasteiger partial charge in [-0.15, -0.1) is 20.4 Å². The fraction of sp³-hybridized carbons (Fsp3) is 0.250. The number of benzene rings is 1. The molecule has 0 saturated carbocycles. The molecule has 2 aromatic heterocycles. The van der Waals surface area contributed by atoms with E-state index in [2.05, 4.69) is 38.6 Å². The van der Waals surface area contributed by atoms with Crippen molar-refractivity contribution in [2.75, 3.05) is 0 Å². The number of aromatic nitrogens is 4. The van der Waals surface area contributed by atoms with Gasteiger partial charge in [-0.1, -0.05) is 24.3 Å². The van der Waals surface area contributed by atoms with Gasteiger partial charge in [-0.3, -0.25) is 0 Å². The monoisotopic (exact) mass is 278 g/mol. The summed E-state index contributed by atoms with van der Waals surface area (Å²) in [5.74, 6) is 0.965. The summed E-state index contributed by atoms with van der Waals surface area (Å²) in [5, 5.41) is 16.6. The molecule has 0 bridgehead atoms. The Morgan fingerprint density at radius 1 is 0.952 bits per heavy atom. The normalized spacial score (nSPS) is 13.4. The maximum atomic E-state index is 5.44. The van der Waals surface area contributed by atoms with Crippen molar-refractivity contribution in [1.29, 1.82) is 0 Å². The Balaban J connectivity index is 1.85. The van der Waals surface area contributed by atoms with Crippen LogP contribution in [0, 0.1) is 6.92 Å². The molecule has 4 rings (SSSR count). The molecule has 21 heavy (non-hydrogen) atoms. The number of hydrogen-bond donors (Lipinski definition) is 0. The third kappa shape index (κ3) is 2.11. The lowest BCUT2D eigenvalue weighted by atomic mass is 10.0. The van der Waals surface area contributed by atoms with Crippen LogP contribution in [0.15, 0.2) is 34.7 Å². The molecule has 0 fully saturated rings. The molecule has 0 saturated heterocycles. The lowest BCUT2D eigenvalue weighted by molar-refractivity contribution is 0.530. The van der Waals surface area contributed by atoms with Gasteiger partial charge in [-0.2, -0.15) is 0 Å². The lowest BCUT2D eigenvalue weighted by Gasteiger charge is -2.07. The smallest absolute Gasteiger partial charge is 0.268 e. The van der Waals surface area contributed by atoms with Crippen molar-refractivity contribution < 1.29 is 4.42 Å². The predicted octanol–water partition coefficient (Wildman–Crippen LogP) is 2.99. The molecule has 0 atom stereocenters. The van der Waals surface area contributed by atoms with Gasteiger partial charge in [-0.25, -0.2) is 0 Å². The average molecular weight is 278 g/mol. The van der Waals surface area contributed by atoms with E-state index in [1.54, 1.807) is 6.92 Å². The molecule has 1 aliphatic carbocycles. The van der Waals surface area contributed by atoms with Gasteiger partial charge in [0.05, 0.1) is 5.69 Å². The summed E-state index contributed by atoms with van der Waals surface area (Å²) < 4.78 is 5.44. The fourth-order valence-electron chi connectivity index (χ4n) is 2.79. The summed E-state index contributed by atoms with van der Waals surface area (Å²) in [6, 6.07) is 10.4. The largest absolute Gasteiger partial charge is 0.420 e. The molecule has 2 heterocycles. The zero-order valence-electron chi connectivity index (χ0n) is 11.7. The standard InChI is InChI=1S/C16H14N4O/c1-10-17-20-16(21-10)14-9-12-7-4-6-11-5-2-3-8-13(11)15(12)19-18-14/h2-3,5,8-9H,4,6-7H2,1H3. The second kappa shape index (κ2) is 4.77. The first-order valence-electron chi connectivity index (χ1n) is 7.06. The molecular weight excluding hydrogens is 264 g/mol. The van der Waals surface area contributed by atoms with Crippen LogP contribution in [0.25, 0.3) is 22.8 Å². The van der Waals surface area contributed by atoms with E-state index in [1.165, 1.54) is 16.7 Å². The highest BCUT2D eigenvalue weighted by atomic mass is 16.4. The zero-order valence-corrected chi connectivity index (χ0v) is 11.7. The van der Waals surface area contributed by atoms with E-state index in [4.69, 9.17) is 4.42 Å². The van der Waals surface area contributed by atoms with Gasteiger partial charge < -0.3 is 4.42 Å². The summed E-state index contributed by atoms with van der Waals surface area (Å²) in [6.07, 6.45) is 3.17. The molecule has 0 aliphatic heterocycles. The Bertz CT molecular complexity index is 810. The summed E-state index contributed by atoms with van der Waals surface area (Å²) >= 11 is 0. The van der Waals surface area contributed by atoms with Crippen LogP contribution in [0.5, 0.6) is 0 Å². The van der Waals surface area contributed by atoms with Crippen molar-refractivity contribution in [1.82, 2.24) is 20.4 Å². The van der Waals surface area contributed by atoms with Gasteiger partial charge in [0.25, 0.3) is 5.89 Å². The predicted molar refractivity (Wildman–Crippen MR) is 77.5 cm³/mol. The Hall–Kier alpha value is -2.56. The first-order chi connectivity index (χ1) is 10.3. The van der Waals surface area contributed by atoms with E-state index >= 15 is 0 Å². The van der Waals surface area contributed by atoms with Gasteiger partial charge in [0.15, 0.2) is 5.69 Å². The molecule has 0 spiro atoms. The van der Waals surface area contributed by atoms with Gasteiger partial charge in [0, 0.05) is 12.5 Å². The molecule has 5 nitrogen and oxygen atoms in total. The minimum absolute atomic E-state index is 0.431. The summed E-state index contributed by atoms with van der Waals surface area (Å²) in [4.78, 5) is 0. The van der Waals surface area contributed by atoms with Crippen molar-refractivity contribution in [2.45, 2.75) is 26.2 Å². The van der Waals surface area contributed by atoms with Crippen molar-refractivity contribution in [3.63, 3.8) is 0 Å². The molecule has 3 aromatic rings. The number of fused-ring (bicyclic) bond motifs is 3. The van der Waals surface area contributed by atoms with E-state index < -0.39 is 0 Å². The van der Waals surface area contributed by atoms with E-state index in [1.807, 2.05) is 12.1 Å². The molecule has 104 valence electrons. The van der Waals surface area contributed by atoms with E-state index in [0.717, 1.165) is 25.0 Å². The molecule has 0 unspecified atom stereocenters. The van der Waals surface area contributed by atoms with Gasteiger partial charge in [0.1, 0.15) is 0 Å². The highest BCUT2D eigenvalue weighted by molar-refractivity contribution is 5.69. The summed E-state index contributed by atoms with van der Waals surface area (Å²) in [6.45, 7) is 1.77. The Morgan fingerprint density at radius 2 is 1.81 bits per heavy atom. The molecular formula is C16H14N4O. The average Bonchev–Trinajstić information content (AvgIpc) is 2.86. The first-order valence-corrected chi connectivity index (χ1v) is 7.06. The van der Waals surface area contributed by atoms with Crippen LogP contribution in [-0.4, -0.2) is 20.4 Å². The van der Waals surface area contributed by atoms with E-state index in [9.17, 15) is 0 Å². The number of aryl methyl sites for hydroxylation is 3. The quantitative estimate of drug-likeness (QED) is 0.684. The van der Waals surface area contributed by atoms with Crippen LogP contribution in [0.3, 0.4) is 0 Å². The molecule has 5 heteroatoms. The third-order valence-electron chi connectivity index (χ3n) is 3.78. The maximum absolute atomic E-state index is 5.44. The van der Waals surface area contributed by atoms with Gasteiger partial charge in [0.2, 0.25) is 5.89 Å². The van der Waals surface area contributed by atoms with Crippen LogP contribution < -0.4 is 0 Å². The van der Waals surface area contributed by atoms with Crippen LogP contribution in [0.2, 0.25) is 0 Å². The second-order valence-electron chi connectivity index (χ2n) is 5.24. The van der Waals surface area contributed by atoms with E-state index in [-0.39, 0.29) is 0 Å². The van der Waals surface area contributed by atoms with Crippen LogP contribution in [-0.2, 0) is 12.8 Å². The minimum atomic E-state index is 0.431. The van der Waals surface area contributed by atoms with Crippen LogP contribution in [0.4, 0.5) is 0 Å². The molecule has 0 amide bonds. The van der Waals surface area contributed by atoms with Crippen LogP contribution in [0.1, 0.15) is 23.4 Å². The Morgan fingerprint density at radius 3 is 2.67 bits per heavy atom. The highest BCUT2D eigenvalue weighted by Crippen LogP contribution is 2.31. The van der Waals surface area contributed by atoms with Gasteiger partial charge in [-0.05, 0) is 36.5 Å². The molecule has 0 radical (unpaired) electrons. The summed E-state index contributed by atoms with van der Waals surface area (Å²) in [5.41, 5.74) is 5.34. The number of hydrogen-bond acceptors (Lipinski definition) is 5. The summed E-state index contributed by atoms with van der Waals surface area (Å²) in [7, 11) is 0. The van der Waals surface area contributed by atoms with Crippen molar-refractivity contribution in [3.05, 3.63) is 47.3 Å². The van der Waals surface area contributed by atoms with Crippen molar-refractivity contribution >= 4 is 0 Å². The number of rotatable bonds is 1. The highest BCUT2D eigenvalue weighted by Gasteiger charge is 2.18. The zero-order chi connectivity index (χ0) is 14.2. The number of nitrogens with zero attached hydrogens (tertiary/aromatic N) is 4. The van der Waals surface area contributed by atoms with Gasteiger partial charge >= 0.3 is 0 Å². The second-order valence-corrected chi connectivity index (χ2v) is 5.24. The Kier molecular flexibility index (Phi) is 2.77. The SMILES string of the molecule is Cc1nnc(-c2cc3c(nn2)-c2ccccc2CCC3)o1. The minimum Gasteiger partial charge on any atom is -0.420 e. The van der Waals surface area contributed by atoms with Crippen molar-refractivity contribution in [2.24, 2.45) is 0 Å². The lowest BCUT2D eigenvalue weighted by Crippen LogP contribution is -1.97. The fourth-order valence-corrected chi connectivity index (χ4v) is 2.79. The van der Waals surface area contributed by atoms with E-state index in [0.29, 0.717) is 17.5 Å². The third-order valence-corrected chi connectivity index (χ3v) is 3.78. The first kappa shape index (κ1) is 12.2.